The van der Waals surface area contributed by atoms with E-state index < -0.39 is 0 Å². The summed E-state index contributed by atoms with van der Waals surface area (Å²) in [6, 6.07) is 1.49. The second-order valence-electron chi connectivity index (χ2n) is 5.28. The van der Waals surface area contributed by atoms with Crippen LogP contribution < -0.4 is 10.2 Å². The number of hydrogen-bond donors (Lipinski definition) is 1. The first-order valence-corrected chi connectivity index (χ1v) is 6.95. The Kier molecular flexibility index (Phi) is 3.52. The average Bonchev–Trinajstić information content (AvgIpc) is 3.10. The number of likely N-dealkylation sites (tertiary alicyclic amines) is 1. The molecule has 5 nitrogen and oxygen atoms in total. The van der Waals surface area contributed by atoms with Crippen molar-refractivity contribution in [2.45, 2.75) is 31.8 Å². The molecule has 0 amide bonds. The van der Waals surface area contributed by atoms with E-state index in [0.717, 1.165) is 31.3 Å². The van der Waals surface area contributed by atoms with Crippen molar-refractivity contribution in [1.29, 1.82) is 0 Å². The first-order chi connectivity index (χ1) is 8.86. The fourth-order valence-electron chi connectivity index (χ4n) is 3.02. The number of hydrogen-bond acceptors (Lipinski definition) is 5. The summed E-state index contributed by atoms with van der Waals surface area (Å²) in [5.74, 6) is 0. The van der Waals surface area contributed by atoms with Crippen molar-refractivity contribution in [3.05, 3.63) is 12.0 Å². The standard InChI is InChI=1S/C13H22N4O/c1-14-8-11-10-18-13(15-11)17-7-4-12(9-17)16-5-2-3-6-16/h10,12,14H,2-9H2,1H3. The summed E-state index contributed by atoms with van der Waals surface area (Å²) >= 11 is 0. The topological polar surface area (TPSA) is 44.5 Å². The van der Waals surface area contributed by atoms with Gasteiger partial charge >= 0.3 is 0 Å². The Morgan fingerprint density at radius 1 is 1.39 bits per heavy atom. The van der Waals surface area contributed by atoms with Crippen LogP contribution in [0, 0.1) is 0 Å². The van der Waals surface area contributed by atoms with Gasteiger partial charge in [-0.15, -0.1) is 0 Å². The Bertz CT molecular complexity index is 386. The van der Waals surface area contributed by atoms with Crippen molar-refractivity contribution >= 4 is 6.01 Å². The van der Waals surface area contributed by atoms with Crippen LogP contribution in [-0.4, -0.2) is 49.2 Å². The molecule has 1 unspecified atom stereocenters. The average molecular weight is 250 g/mol. The van der Waals surface area contributed by atoms with Gasteiger partial charge in [-0.1, -0.05) is 0 Å². The highest BCUT2D eigenvalue weighted by atomic mass is 16.4. The molecule has 1 aromatic heterocycles. The van der Waals surface area contributed by atoms with Crippen LogP contribution in [0.3, 0.4) is 0 Å². The molecular formula is C13H22N4O. The fourth-order valence-corrected chi connectivity index (χ4v) is 3.02. The van der Waals surface area contributed by atoms with Gasteiger partial charge in [-0.2, -0.15) is 4.98 Å². The van der Waals surface area contributed by atoms with E-state index in [1.165, 1.54) is 32.4 Å². The molecule has 18 heavy (non-hydrogen) atoms. The van der Waals surface area contributed by atoms with Gasteiger partial charge < -0.3 is 14.6 Å². The Balaban J connectivity index is 1.60. The predicted octanol–water partition coefficient (Wildman–Crippen LogP) is 1.07. The summed E-state index contributed by atoms with van der Waals surface area (Å²) in [7, 11) is 1.92. The number of oxazole rings is 1. The number of nitrogens with one attached hydrogen (secondary N) is 1. The second kappa shape index (κ2) is 5.28. The van der Waals surface area contributed by atoms with Crippen molar-refractivity contribution in [2.75, 3.05) is 38.1 Å². The number of nitrogens with zero attached hydrogens (tertiary/aromatic N) is 3. The minimum absolute atomic E-state index is 0.701. The summed E-state index contributed by atoms with van der Waals surface area (Å²) in [6.45, 7) is 5.46. The van der Waals surface area contributed by atoms with E-state index >= 15 is 0 Å². The van der Waals surface area contributed by atoms with Crippen molar-refractivity contribution < 1.29 is 4.42 Å². The second-order valence-corrected chi connectivity index (χ2v) is 5.28. The fraction of sp³-hybridized carbons (Fsp3) is 0.769. The maximum absolute atomic E-state index is 5.57. The molecule has 2 fully saturated rings. The molecule has 3 rings (SSSR count). The van der Waals surface area contributed by atoms with Gasteiger partial charge in [0.15, 0.2) is 0 Å². The van der Waals surface area contributed by atoms with Crippen molar-refractivity contribution in [3.8, 4) is 0 Å². The molecule has 0 radical (unpaired) electrons. The lowest BCUT2D eigenvalue weighted by atomic mass is 10.2. The summed E-state index contributed by atoms with van der Waals surface area (Å²) < 4.78 is 5.57. The first-order valence-electron chi connectivity index (χ1n) is 6.95. The van der Waals surface area contributed by atoms with E-state index in [1.54, 1.807) is 6.26 Å². The van der Waals surface area contributed by atoms with Crippen LogP contribution >= 0.6 is 0 Å². The van der Waals surface area contributed by atoms with Crippen LogP contribution in [-0.2, 0) is 6.54 Å². The lowest BCUT2D eigenvalue weighted by molar-refractivity contribution is 0.260. The maximum Gasteiger partial charge on any atom is 0.297 e. The molecule has 2 aliphatic heterocycles. The third-order valence-corrected chi connectivity index (χ3v) is 3.99. The quantitative estimate of drug-likeness (QED) is 0.866. The summed E-state index contributed by atoms with van der Waals surface area (Å²) in [5, 5.41) is 3.09. The van der Waals surface area contributed by atoms with Crippen LogP contribution in [0.2, 0.25) is 0 Å². The summed E-state index contributed by atoms with van der Waals surface area (Å²) in [4.78, 5) is 9.42. The third kappa shape index (κ3) is 2.37. The van der Waals surface area contributed by atoms with E-state index in [0.29, 0.717) is 6.04 Å². The molecule has 1 N–H and O–H groups in total. The first kappa shape index (κ1) is 12.0. The third-order valence-electron chi connectivity index (χ3n) is 3.99. The molecule has 0 spiro atoms. The molecule has 1 atom stereocenters. The molecule has 0 aromatic carbocycles. The maximum atomic E-state index is 5.57. The molecule has 5 heteroatoms. The molecule has 0 bridgehead atoms. The van der Waals surface area contributed by atoms with Crippen LogP contribution in [0.4, 0.5) is 6.01 Å². The van der Waals surface area contributed by atoms with Gasteiger partial charge in [-0.05, 0) is 39.4 Å². The van der Waals surface area contributed by atoms with E-state index in [2.05, 4.69) is 20.1 Å². The van der Waals surface area contributed by atoms with Gasteiger partial charge in [-0.25, -0.2) is 0 Å². The molecule has 2 saturated heterocycles. The van der Waals surface area contributed by atoms with E-state index in [1.807, 2.05) is 7.05 Å². The highest BCUT2D eigenvalue weighted by molar-refractivity contribution is 5.29. The number of rotatable bonds is 4. The van der Waals surface area contributed by atoms with Gasteiger partial charge in [0.05, 0.1) is 5.69 Å². The van der Waals surface area contributed by atoms with E-state index in [4.69, 9.17) is 4.42 Å². The summed E-state index contributed by atoms with van der Waals surface area (Å²) in [5.41, 5.74) is 0.983. The Morgan fingerprint density at radius 2 is 2.22 bits per heavy atom. The molecule has 0 aliphatic carbocycles. The zero-order valence-electron chi connectivity index (χ0n) is 11.1. The van der Waals surface area contributed by atoms with Gasteiger partial charge in [0.25, 0.3) is 6.01 Å². The van der Waals surface area contributed by atoms with E-state index in [9.17, 15) is 0 Å². The van der Waals surface area contributed by atoms with Crippen molar-refractivity contribution in [2.24, 2.45) is 0 Å². The Hall–Kier alpha value is -1.07. The van der Waals surface area contributed by atoms with Gasteiger partial charge in [0.1, 0.15) is 6.26 Å². The molecule has 3 heterocycles. The minimum Gasteiger partial charge on any atom is -0.432 e. The number of aromatic nitrogens is 1. The van der Waals surface area contributed by atoms with E-state index in [-0.39, 0.29) is 0 Å². The zero-order chi connectivity index (χ0) is 12.4. The van der Waals surface area contributed by atoms with Crippen LogP contribution in [0.25, 0.3) is 0 Å². The molecular weight excluding hydrogens is 228 g/mol. The molecule has 1 aromatic rings. The largest absolute Gasteiger partial charge is 0.432 e. The monoisotopic (exact) mass is 250 g/mol. The van der Waals surface area contributed by atoms with Gasteiger partial charge in [0.2, 0.25) is 0 Å². The Labute approximate surface area is 108 Å². The van der Waals surface area contributed by atoms with Crippen LogP contribution in [0.15, 0.2) is 10.7 Å². The Morgan fingerprint density at radius 3 is 3.00 bits per heavy atom. The summed E-state index contributed by atoms with van der Waals surface area (Å²) in [6.07, 6.45) is 5.72. The van der Waals surface area contributed by atoms with Gasteiger partial charge in [0, 0.05) is 25.7 Å². The van der Waals surface area contributed by atoms with Crippen LogP contribution in [0.1, 0.15) is 25.0 Å². The minimum atomic E-state index is 0.701. The lowest BCUT2D eigenvalue weighted by Crippen LogP contribution is -2.35. The lowest BCUT2D eigenvalue weighted by Gasteiger charge is -2.23. The predicted molar refractivity (Wildman–Crippen MR) is 70.7 cm³/mol. The smallest absolute Gasteiger partial charge is 0.297 e. The SMILES string of the molecule is CNCc1coc(N2CCC(N3CCCC3)C2)n1. The van der Waals surface area contributed by atoms with Crippen molar-refractivity contribution in [1.82, 2.24) is 15.2 Å². The van der Waals surface area contributed by atoms with Crippen molar-refractivity contribution in [3.63, 3.8) is 0 Å². The highest BCUT2D eigenvalue weighted by Crippen LogP contribution is 2.24. The van der Waals surface area contributed by atoms with Crippen LogP contribution in [0.5, 0.6) is 0 Å². The van der Waals surface area contributed by atoms with Gasteiger partial charge in [-0.3, -0.25) is 4.90 Å². The normalized spacial score (nSPS) is 25.2. The highest BCUT2D eigenvalue weighted by Gasteiger charge is 2.31. The molecule has 100 valence electrons. The molecule has 2 aliphatic rings. The number of anilines is 1. The molecule has 0 saturated carbocycles. The zero-order valence-corrected chi connectivity index (χ0v) is 11.1.